The van der Waals surface area contributed by atoms with Crippen LogP contribution in [0.5, 0.6) is 0 Å². The van der Waals surface area contributed by atoms with Gasteiger partial charge in [-0.25, -0.2) is 0 Å². The molecule has 3 N–H and O–H groups in total. The van der Waals surface area contributed by atoms with E-state index in [0.717, 1.165) is 26.6 Å². The zero-order chi connectivity index (χ0) is 20.9. The lowest BCUT2D eigenvalue weighted by Gasteiger charge is -2.34. The number of fused-ring (bicyclic) bond motifs is 1. The molecule has 6 heteroatoms. The number of hydrogen-bond acceptors (Lipinski definition) is 4. The quantitative estimate of drug-likeness (QED) is 0.641. The van der Waals surface area contributed by atoms with Crippen LogP contribution in [0.3, 0.4) is 0 Å². The number of primary amides is 1. The van der Waals surface area contributed by atoms with E-state index in [-0.39, 0.29) is 12.5 Å². The minimum absolute atomic E-state index is 0.103. The third-order valence-electron chi connectivity index (χ3n) is 5.15. The van der Waals surface area contributed by atoms with Crippen molar-refractivity contribution in [1.29, 1.82) is 0 Å². The van der Waals surface area contributed by atoms with Gasteiger partial charge in [-0.1, -0.05) is 66.4 Å². The number of benzene rings is 3. The summed E-state index contributed by atoms with van der Waals surface area (Å²) in [6.07, 6.45) is 0.527. The van der Waals surface area contributed by atoms with Crippen molar-refractivity contribution in [2.45, 2.75) is 28.8 Å². The number of nitrogens with two attached hydrogens (primary N) is 1. The first-order chi connectivity index (χ1) is 14.6. The molecule has 30 heavy (non-hydrogen) atoms. The molecule has 0 radical (unpaired) electrons. The molecule has 1 aliphatic rings. The van der Waals surface area contributed by atoms with Crippen molar-refractivity contribution in [3.8, 4) is 0 Å². The Morgan fingerprint density at radius 2 is 1.60 bits per heavy atom. The molecule has 0 saturated heterocycles. The Morgan fingerprint density at radius 3 is 2.37 bits per heavy atom. The first kappa shape index (κ1) is 20.2. The smallest absolute Gasteiger partial charge is 0.238 e. The second-order valence-electron chi connectivity index (χ2n) is 7.26. The molecule has 0 spiro atoms. The predicted molar refractivity (Wildman–Crippen MR) is 119 cm³/mol. The van der Waals surface area contributed by atoms with Gasteiger partial charge in [0.1, 0.15) is 0 Å². The van der Waals surface area contributed by atoms with Crippen LogP contribution in [0, 0.1) is 0 Å². The Morgan fingerprint density at radius 1 is 0.933 bits per heavy atom. The average Bonchev–Trinajstić information content (AvgIpc) is 2.75. The minimum Gasteiger partial charge on any atom is -0.368 e. The van der Waals surface area contributed by atoms with E-state index in [0.29, 0.717) is 13.0 Å². The van der Waals surface area contributed by atoms with E-state index in [4.69, 9.17) is 5.73 Å². The fourth-order valence-electron chi connectivity index (χ4n) is 3.67. The average molecular weight is 418 g/mol. The van der Waals surface area contributed by atoms with Gasteiger partial charge in [-0.3, -0.25) is 14.5 Å². The number of para-hydroxylation sites is 1. The van der Waals surface area contributed by atoms with Crippen LogP contribution in [-0.4, -0.2) is 29.3 Å². The fourth-order valence-corrected chi connectivity index (χ4v) is 4.60. The van der Waals surface area contributed by atoms with Gasteiger partial charge in [0.25, 0.3) is 0 Å². The van der Waals surface area contributed by atoms with Crippen molar-refractivity contribution in [2.24, 2.45) is 5.73 Å². The minimum atomic E-state index is -0.486. The predicted octanol–water partition coefficient (Wildman–Crippen LogP) is 3.69. The van der Waals surface area contributed by atoms with Gasteiger partial charge in [0, 0.05) is 16.3 Å². The molecule has 4 rings (SSSR count). The third-order valence-corrected chi connectivity index (χ3v) is 6.24. The van der Waals surface area contributed by atoms with Gasteiger partial charge in [0.2, 0.25) is 11.8 Å². The molecular formula is C24H23N3O2S. The van der Waals surface area contributed by atoms with Gasteiger partial charge in [0.05, 0.1) is 18.3 Å². The van der Waals surface area contributed by atoms with Crippen molar-refractivity contribution in [3.05, 3.63) is 90.0 Å². The maximum atomic E-state index is 12.9. The zero-order valence-corrected chi connectivity index (χ0v) is 17.3. The summed E-state index contributed by atoms with van der Waals surface area (Å²) in [5.41, 5.74) is 8.63. The van der Waals surface area contributed by atoms with E-state index in [1.807, 2.05) is 83.8 Å². The molecule has 0 fully saturated rings. The maximum Gasteiger partial charge on any atom is 0.238 e. The van der Waals surface area contributed by atoms with Crippen LogP contribution in [0.25, 0.3) is 0 Å². The van der Waals surface area contributed by atoms with E-state index in [1.54, 1.807) is 11.8 Å². The molecule has 0 aliphatic carbocycles. The summed E-state index contributed by atoms with van der Waals surface area (Å²) in [5.74, 6) is -0.570. The summed E-state index contributed by atoms with van der Waals surface area (Å²) < 4.78 is 0. The van der Waals surface area contributed by atoms with Crippen LogP contribution in [0.1, 0.15) is 11.1 Å². The Hall–Kier alpha value is -3.09. The Labute approximate surface area is 180 Å². The molecule has 5 nitrogen and oxygen atoms in total. The van der Waals surface area contributed by atoms with Crippen LogP contribution in [0.2, 0.25) is 0 Å². The summed E-state index contributed by atoms with van der Waals surface area (Å²) in [6.45, 7) is 0.629. The van der Waals surface area contributed by atoms with Crippen molar-refractivity contribution < 1.29 is 9.59 Å². The zero-order valence-electron chi connectivity index (χ0n) is 16.5. The molecule has 0 aromatic heterocycles. The van der Waals surface area contributed by atoms with E-state index < -0.39 is 11.9 Å². The van der Waals surface area contributed by atoms with E-state index >= 15 is 0 Å². The molecule has 1 atom stereocenters. The normalized spacial score (nSPS) is 15.9. The molecule has 3 aromatic carbocycles. The van der Waals surface area contributed by atoms with Crippen molar-refractivity contribution in [1.82, 2.24) is 4.90 Å². The lowest BCUT2D eigenvalue weighted by molar-refractivity contribution is -0.125. The highest BCUT2D eigenvalue weighted by Gasteiger charge is 2.31. The maximum absolute atomic E-state index is 12.9. The summed E-state index contributed by atoms with van der Waals surface area (Å²) in [5, 5.41) is 3.01. The summed E-state index contributed by atoms with van der Waals surface area (Å²) in [7, 11) is 0. The van der Waals surface area contributed by atoms with Gasteiger partial charge in [-0.05, 0) is 41.8 Å². The van der Waals surface area contributed by atoms with E-state index in [9.17, 15) is 9.59 Å². The second kappa shape index (κ2) is 9.15. The topological polar surface area (TPSA) is 75.4 Å². The highest BCUT2D eigenvalue weighted by molar-refractivity contribution is 7.99. The number of amides is 2. The van der Waals surface area contributed by atoms with Crippen LogP contribution < -0.4 is 11.1 Å². The van der Waals surface area contributed by atoms with E-state index in [1.165, 1.54) is 0 Å². The summed E-state index contributed by atoms with van der Waals surface area (Å²) in [4.78, 5) is 28.8. The second-order valence-corrected chi connectivity index (χ2v) is 8.37. The van der Waals surface area contributed by atoms with E-state index in [2.05, 4.69) is 5.32 Å². The standard InChI is InChI=1S/C24H23N3O2S/c25-24(29)21-14-17-8-4-5-9-18(17)15-27(21)16-23(28)26-20-12-6-7-13-22(20)30-19-10-2-1-3-11-19/h1-13,21H,14-16H2,(H2,25,29)(H,26,28)/t21-/m1/s1. The van der Waals surface area contributed by atoms with Crippen LogP contribution in [0.4, 0.5) is 5.69 Å². The lowest BCUT2D eigenvalue weighted by Crippen LogP contribution is -2.50. The highest BCUT2D eigenvalue weighted by Crippen LogP contribution is 2.33. The van der Waals surface area contributed by atoms with Crippen LogP contribution in [-0.2, 0) is 22.6 Å². The number of rotatable bonds is 6. The Kier molecular flexibility index (Phi) is 6.16. The molecule has 1 heterocycles. The number of nitrogens with zero attached hydrogens (tertiary/aromatic N) is 1. The SMILES string of the molecule is NC(=O)[C@H]1Cc2ccccc2CN1CC(=O)Nc1ccccc1Sc1ccccc1. The van der Waals surface area contributed by atoms with Crippen molar-refractivity contribution in [3.63, 3.8) is 0 Å². The van der Waals surface area contributed by atoms with Gasteiger partial charge < -0.3 is 11.1 Å². The van der Waals surface area contributed by atoms with Gasteiger partial charge in [-0.15, -0.1) is 0 Å². The monoisotopic (exact) mass is 417 g/mol. The van der Waals surface area contributed by atoms with Gasteiger partial charge >= 0.3 is 0 Å². The number of nitrogens with one attached hydrogen (secondary N) is 1. The third kappa shape index (κ3) is 4.72. The molecule has 2 amide bonds. The largest absolute Gasteiger partial charge is 0.368 e. The number of carbonyl (C=O) groups excluding carboxylic acids is 2. The molecule has 0 saturated carbocycles. The fraction of sp³-hybridized carbons (Fsp3) is 0.167. The van der Waals surface area contributed by atoms with Gasteiger partial charge in [0.15, 0.2) is 0 Å². The highest BCUT2D eigenvalue weighted by atomic mass is 32.2. The molecule has 152 valence electrons. The summed E-state index contributed by atoms with van der Waals surface area (Å²) >= 11 is 1.60. The van der Waals surface area contributed by atoms with Crippen LogP contribution >= 0.6 is 11.8 Å². The molecule has 1 aliphatic heterocycles. The molecule has 0 bridgehead atoms. The summed E-state index contributed by atoms with van der Waals surface area (Å²) in [6, 6.07) is 25.2. The Balaban J connectivity index is 1.48. The first-order valence-electron chi connectivity index (χ1n) is 9.82. The Bertz CT molecular complexity index is 1060. The number of hydrogen-bond donors (Lipinski definition) is 2. The van der Waals surface area contributed by atoms with Crippen molar-refractivity contribution >= 4 is 29.3 Å². The van der Waals surface area contributed by atoms with Gasteiger partial charge in [-0.2, -0.15) is 0 Å². The first-order valence-corrected chi connectivity index (χ1v) is 10.6. The molecular weight excluding hydrogens is 394 g/mol. The molecule has 3 aromatic rings. The van der Waals surface area contributed by atoms with Crippen LogP contribution in [0.15, 0.2) is 88.7 Å². The number of carbonyl (C=O) groups is 2. The number of anilines is 1. The molecule has 0 unspecified atom stereocenters. The lowest BCUT2D eigenvalue weighted by atomic mass is 9.93. The van der Waals surface area contributed by atoms with Crippen molar-refractivity contribution in [2.75, 3.05) is 11.9 Å².